The van der Waals surface area contributed by atoms with E-state index < -0.39 is 0 Å². The van der Waals surface area contributed by atoms with Gasteiger partial charge in [0.1, 0.15) is 15.1 Å². The summed E-state index contributed by atoms with van der Waals surface area (Å²) in [5.41, 5.74) is 3.31. The number of hydrogen-bond acceptors (Lipinski definition) is 6. The Hall–Kier alpha value is -1.37. The summed E-state index contributed by atoms with van der Waals surface area (Å²) in [6.07, 6.45) is 0. The van der Waals surface area contributed by atoms with Crippen LogP contribution in [0.1, 0.15) is 11.4 Å². The van der Waals surface area contributed by atoms with Crippen molar-refractivity contribution < 1.29 is 4.74 Å². The third-order valence-electron chi connectivity index (χ3n) is 2.83. The average molecular weight is 334 g/mol. The van der Waals surface area contributed by atoms with Gasteiger partial charge < -0.3 is 4.74 Å². The van der Waals surface area contributed by atoms with Gasteiger partial charge in [-0.25, -0.2) is 9.97 Å². The zero-order valence-electron chi connectivity index (χ0n) is 11.7. The molecule has 2 aromatic heterocycles. The molecule has 0 unspecified atom stereocenters. The van der Waals surface area contributed by atoms with Gasteiger partial charge in [0.25, 0.3) is 0 Å². The largest absolute Gasteiger partial charge is 0.497 e. The highest BCUT2D eigenvalue weighted by Gasteiger charge is 2.07. The third-order valence-corrected chi connectivity index (χ3v) is 5.94. The Kier molecular flexibility index (Phi) is 4.57. The van der Waals surface area contributed by atoms with E-state index in [1.54, 1.807) is 41.5 Å². The fraction of sp³-hybridized carbons (Fsp3) is 0.200. The minimum atomic E-state index is 0.861. The van der Waals surface area contributed by atoms with Gasteiger partial charge in [0, 0.05) is 27.8 Å². The number of thioether (sulfide) groups is 1. The first-order valence-electron chi connectivity index (χ1n) is 6.38. The van der Waals surface area contributed by atoms with Gasteiger partial charge in [-0.05, 0) is 31.2 Å². The van der Waals surface area contributed by atoms with Crippen LogP contribution in [0.25, 0.3) is 10.6 Å². The molecule has 0 fully saturated rings. The third kappa shape index (κ3) is 3.64. The molecule has 0 bridgehead atoms. The normalized spacial score (nSPS) is 10.8. The molecule has 3 nitrogen and oxygen atoms in total. The lowest BCUT2D eigenvalue weighted by Gasteiger charge is -2.00. The van der Waals surface area contributed by atoms with Crippen LogP contribution in [0.3, 0.4) is 0 Å². The van der Waals surface area contributed by atoms with Gasteiger partial charge in [0.05, 0.1) is 12.8 Å². The van der Waals surface area contributed by atoms with Crippen molar-refractivity contribution in [3.63, 3.8) is 0 Å². The van der Waals surface area contributed by atoms with Crippen LogP contribution in [-0.4, -0.2) is 17.1 Å². The molecule has 0 spiro atoms. The van der Waals surface area contributed by atoms with Crippen molar-refractivity contribution in [3.05, 3.63) is 46.4 Å². The molecule has 1 aromatic carbocycles. The molecule has 0 saturated carbocycles. The fourth-order valence-electron chi connectivity index (χ4n) is 1.77. The topological polar surface area (TPSA) is 35.0 Å². The summed E-state index contributed by atoms with van der Waals surface area (Å²) in [4.78, 5) is 9.14. The van der Waals surface area contributed by atoms with E-state index in [2.05, 4.69) is 15.7 Å². The van der Waals surface area contributed by atoms with Crippen LogP contribution in [0, 0.1) is 6.92 Å². The number of aromatic nitrogens is 2. The molecular weight excluding hydrogens is 320 g/mol. The van der Waals surface area contributed by atoms with Crippen LogP contribution in [-0.2, 0) is 5.75 Å². The van der Waals surface area contributed by atoms with Gasteiger partial charge in [-0.3, -0.25) is 0 Å². The van der Waals surface area contributed by atoms with Crippen molar-refractivity contribution in [1.29, 1.82) is 0 Å². The summed E-state index contributed by atoms with van der Waals surface area (Å²) in [5.74, 6) is 1.73. The minimum absolute atomic E-state index is 0.861. The molecule has 21 heavy (non-hydrogen) atoms. The molecule has 6 heteroatoms. The Balaban J connectivity index is 1.67. The molecule has 0 N–H and O–H groups in total. The first-order valence-corrected chi connectivity index (χ1v) is 9.13. The van der Waals surface area contributed by atoms with Gasteiger partial charge in [-0.15, -0.1) is 22.7 Å². The number of nitrogens with zero attached hydrogens (tertiary/aromatic N) is 2. The second-order valence-electron chi connectivity index (χ2n) is 4.42. The number of hydrogen-bond donors (Lipinski definition) is 0. The molecule has 0 amide bonds. The standard InChI is InChI=1S/C15H14N2OS3/c1-10-7-20-15(16-10)21-9-12-8-19-14(17-12)11-3-5-13(18-2)6-4-11/h3-8H,9H2,1-2H3. The van der Waals surface area contributed by atoms with E-state index in [0.717, 1.165) is 37.8 Å². The van der Waals surface area contributed by atoms with Crippen molar-refractivity contribution in [2.75, 3.05) is 7.11 Å². The SMILES string of the molecule is COc1ccc(-c2nc(CSc3nc(C)cs3)cs2)cc1. The summed E-state index contributed by atoms with van der Waals surface area (Å²) in [5, 5.41) is 5.24. The number of rotatable bonds is 5. The van der Waals surface area contributed by atoms with Crippen LogP contribution < -0.4 is 4.74 Å². The highest BCUT2D eigenvalue weighted by atomic mass is 32.2. The first kappa shape index (κ1) is 14.6. The van der Waals surface area contributed by atoms with Crippen molar-refractivity contribution in [2.24, 2.45) is 0 Å². The van der Waals surface area contributed by atoms with Crippen LogP contribution in [0.5, 0.6) is 5.75 Å². The number of aryl methyl sites for hydroxylation is 1. The maximum Gasteiger partial charge on any atom is 0.150 e. The lowest BCUT2D eigenvalue weighted by molar-refractivity contribution is 0.415. The van der Waals surface area contributed by atoms with Gasteiger partial charge in [-0.1, -0.05) is 11.8 Å². The summed E-state index contributed by atoms with van der Waals surface area (Å²) in [7, 11) is 1.67. The van der Waals surface area contributed by atoms with Crippen LogP contribution >= 0.6 is 34.4 Å². The summed E-state index contributed by atoms with van der Waals surface area (Å²) in [6.45, 7) is 2.02. The number of ether oxygens (including phenoxy) is 1. The van der Waals surface area contributed by atoms with E-state index in [-0.39, 0.29) is 0 Å². The molecule has 3 rings (SSSR count). The van der Waals surface area contributed by atoms with Crippen molar-refractivity contribution in [3.8, 4) is 16.3 Å². The Morgan fingerprint density at radius 2 is 1.90 bits per heavy atom. The highest BCUT2D eigenvalue weighted by Crippen LogP contribution is 2.30. The molecule has 0 saturated heterocycles. The quantitative estimate of drug-likeness (QED) is 0.623. The van der Waals surface area contributed by atoms with Crippen molar-refractivity contribution in [1.82, 2.24) is 9.97 Å². The minimum Gasteiger partial charge on any atom is -0.497 e. The van der Waals surface area contributed by atoms with Gasteiger partial charge >= 0.3 is 0 Å². The average Bonchev–Trinajstić information content (AvgIpc) is 3.14. The van der Waals surface area contributed by atoms with Crippen LogP contribution in [0.4, 0.5) is 0 Å². The van der Waals surface area contributed by atoms with Gasteiger partial charge in [-0.2, -0.15) is 0 Å². The summed E-state index contributed by atoms with van der Waals surface area (Å²) >= 11 is 5.10. The van der Waals surface area contributed by atoms with Crippen molar-refractivity contribution >= 4 is 34.4 Å². The second-order valence-corrected chi connectivity index (χ2v) is 7.35. The summed E-state index contributed by atoms with van der Waals surface area (Å²) < 4.78 is 6.28. The monoisotopic (exact) mass is 334 g/mol. The predicted molar refractivity (Wildman–Crippen MR) is 90.5 cm³/mol. The maximum absolute atomic E-state index is 5.17. The Bertz CT molecular complexity index is 719. The van der Waals surface area contributed by atoms with Crippen LogP contribution in [0.15, 0.2) is 39.4 Å². The molecule has 2 heterocycles. The van der Waals surface area contributed by atoms with E-state index in [1.807, 2.05) is 31.2 Å². The smallest absolute Gasteiger partial charge is 0.150 e. The van der Waals surface area contributed by atoms with E-state index in [9.17, 15) is 0 Å². The van der Waals surface area contributed by atoms with E-state index in [0.29, 0.717) is 0 Å². The predicted octanol–water partition coefficient (Wildman–Crippen LogP) is 4.88. The Morgan fingerprint density at radius 1 is 1.10 bits per heavy atom. The fourth-order valence-corrected chi connectivity index (χ4v) is 4.45. The lowest BCUT2D eigenvalue weighted by Crippen LogP contribution is -1.84. The molecule has 0 aliphatic carbocycles. The van der Waals surface area contributed by atoms with Gasteiger partial charge in [0.2, 0.25) is 0 Å². The maximum atomic E-state index is 5.17. The molecule has 0 atom stereocenters. The first-order chi connectivity index (χ1) is 10.2. The zero-order valence-corrected chi connectivity index (χ0v) is 14.1. The molecule has 0 radical (unpaired) electrons. The molecule has 3 aromatic rings. The van der Waals surface area contributed by atoms with E-state index >= 15 is 0 Å². The number of methoxy groups -OCH3 is 1. The van der Waals surface area contributed by atoms with Crippen LogP contribution in [0.2, 0.25) is 0 Å². The molecular formula is C15H14N2OS3. The Morgan fingerprint density at radius 3 is 2.57 bits per heavy atom. The Labute approximate surface area is 136 Å². The number of thiazole rings is 2. The van der Waals surface area contributed by atoms with E-state index in [1.165, 1.54) is 0 Å². The summed E-state index contributed by atoms with van der Waals surface area (Å²) in [6, 6.07) is 8.00. The molecule has 108 valence electrons. The molecule has 0 aliphatic rings. The number of benzene rings is 1. The molecule has 0 aliphatic heterocycles. The lowest BCUT2D eigenvalue weighted by atomic mass is 10.2. The van der Waals surface area contributed by atoms with E-state index in [4.69, 9.17) is 9.72 Å². The van der Waals surface area contributed by atoms with Crippen molar-refractivity contribution in [2.45, 2.75) is 17.0 Å². The second kappa shape index (κ2) is 6.60. The zero-order chi connectivity index (χ0) is 14.7. The highest BCUT2D eigenvalue weighted by molar-refractivity contribution is 8.00. The van der Waals surface area contributed by atoms with Gasteiger partial charge in [0.15, 0.2) is 0 Å².